The van der Waals surface area contributed by atoms with Crippen molar-refractivity contribution in [2.45, 2.75) is 65.8 Å². The summed E-state index contributed by atoms with van der Waals surface area (Å²) in [6.07, 6.45) is 4.81. The van der Waals surface area contributed by atoms with E-state index in [0.717, 1.165) is 5.57 Å². The Morgan fingerprint density at radius 1 is 1.29 bits per heavy atom. The van der Waals surface area contributed by atoms with Crippen molar-refractivity contribution in [2.24, 2.45) is 0 Å². The summed E-state index contributed by atoms with van der Waals surface area (Å²) >= 11 is 0. The van der Waals surface area contributed by atoms with Gasteiger partial charge in [0.25, 0.3) is 0 Å². The molecule has 0 radical (unpaired) electrons. The van der Waals surface area contributed by atoms with Gasteiger partial charge in [0.15, 0.2) is 0 Å². The van der Waals surface area contributed by atoms with Gasteiger partial charge in [-0.3, -0.25) is 0 Å². The topological polar surface area (TPSA) is 38.7 Å². The molecule has 0 aromatic carbocycles. The Morgan fingerprint density at radius 3 is 2.24 bits per heavy atom. The maximum atomic E-state index is 9.86. The number of aliphatic hydroxyl groups excluding tert-OH is 1. The average molecular weight is 242 g/mol. The minimum absolute atomic E-state index is 0.382. The quantitative estimate of drug-likeness (QED) is 0.596. The Morgan fingerprint density at radius 2 is 1.82 bits per heavy atom. The first-order valence-corrected chi connectivity index (χ1v) is 6.15. The van der Waals surface area contributed by atoms with Gasteiger partial charge in [0.05, 0.1) is 5.60 Å². The van der Waals surface area contributed by atoms with E-state index in [-0.39, 0.29) is 5.60 Å². The second kappa shape index (κ2) is 6.34. The molecule has 1 aliphatic carbocycles. The molecule has 0 bridgehead atoms. The second-order valence-electron chi connectivity index (χ2n) is 5.15. The molecule has 0 heterocycles. The number of rotatable bonds is 2. The minimum atomic E-state index is -0.799. The van der Waals surface area contributed by atoms with E-state index in [9.17, 15) is 5.11 Å². The highest BCUT2D eigenvalue weighted by atomic mass is 17.2. The van der Waals surface area contributed by atoms with Gasteiger partial charge in [-0.15, -0.1) is 0 Å². The predicted molar refractivity (Wildman–Crippen MR) is 70.6 cm³/mol. The fourth-order valence-electron chi connectivity index (χ4n) is 1.16. The first-order chi connectivity index (χ1) is 7.73. The molecule has 0 fully saturated rings. The molecule has 2 unspecified atom stereocenters. The fraction of sp³-hybridized carbons (Fsp3) is 0.714. The van der Waals surface area contributed by atoms with Gasteiger partial charge in [-0.05, 0) is 46.8 Å². The SMILES string of the molecule is CC.CC1=CC(O)C(C)(OOC(C)(C)C)C=C1. The van der Waals surface area contributed by atoms with Gasteiger partial charge in [-0.25, -0.2) is 9.78 Å². The summed E-state index contributed by atoms with van der Waals surface area (Å²) in [4.78, 5) is 10.6. The smallest absolute Gasteiger partial charge is 0.148 e. The van der Waals surface area contributed by atoms with Crippen LogP contribution in [0.4, 0.5) is 0 Å². The monoisotopic (exact) mass is 242 g/mol. The Balaban J connectivity index is 0.00000121. The molecule has 0 aliphatic heterocycles. The van der Waals surface area contributed by atoms with Crippen LogP contribution in [0.1, 0.15) is 48.5 Å². The molecular weight excluding hydrogens is 216 g/mol. The van der Waals surface area contributed by atoms with Crippen LogP contribution in [-0.2, 0) is 9.78 Å². The Labute approximate surface area is 105 Å². The van der Waals surface area contributed by atoms with E-state index in [2.05, 4.69) is 0 Å². The lowest BCUT2D eigenvalue weighted by molar-refractivity contribution is -0.399. The number of hydrogen-bond donors (Lipinski definition) is 1. The fourth-order valence-corrected chi connectivity index (χ4v) is 1.16. The molecule has 0 spiro atoms. The van der Waals surface area contributed by atoms with Crippen LogP contribution in [0.2, 0.25) is 0 Å². The molecule has 0 saturated carbocycles. The van der Waals surface area contributed by atoms with Crippen LogP contribution in [0.25, 0.3) is 0 Å². The van der Waals surface area contributed by atoms with Crippen molar-refractivity contribution in [3.8, 4) is 0 Å². The zero-order chi connectivity index (χ0) is 13.7. The van der Waals surface area contributed by atoms with Crippen LogP contribution < -0.4 is 0 Å². The molecule has 17 heavy (non-hydrogen) atoms. The molecule has 100 valence electrons. The third kappa shape index (κ3) is 5.48. The lowest BCUT2D eigenvalue weighted by Gasteiger charge is -2.33. The molecule has 0 aromatic rings. The van der Waals surface area contributed by atoms with Crippen molar-refractivity contribution in [3.63, 3.8) is 0 Å². The van der Waals surface area contributed by atoms with Crippen LogP contribution in [-0.4, -0.2) is 22.4 Å². The van der Waals surface area contributed by atoms with Crippen molar-refractivity contribution in [1.82, 2.24) is 0 Å². The second-order valence-corrected chi connectivity index (χ2v) is 5.15. The first kappa shape index (κ1) is 16.4. The summed E-state index contributed by atoms with van der Waals surface area (Å²) in [7, 11) is 0. The summed E-state index contributed by atoms with van der Waals surface area (Å²) in [5.74, 6) is 0. The number of hydrogen-bond acceptors (Lipinski definition) is 3. The normalized spacial score (nSPS) is 28.2. The number of allylic oxidation sites excluding steroid dienone is 2. The first-order valence-electron chi connectivity index (χ1n) is 6.15. The van der Waals surface area contributed by atoms with E-state index in [1.54, 1.807) is 13.0 Å². The third-order valence-electron chi connectivity index (χ3n) is 2.16. The van der Waals surface area contributed by atoms with Crippen molar-refractivity contribution in [1.29, 1.82) is 0 Å². The molecule has 1 rings (SSSR count). The Kier molecular flexibility index (Phi) is 6.10. The van der Waals surface area contributed by atoms with E-state index < -0.39 is 11.7 Å². The van der Waals surface area contributed by atoms with Gasteiger partial charge in [-0.1, -0.05) is 25.5 Å². The van der Waals surface area contributed by atoms with Gasteiger partial charge in [0, 0.05) is 0 Å². The molecular formula is C14H26O3. The summed E-state index contributed by atoms with van der Waals surface area (Å²) in [6.45, 7) is 13.4. The zero-order valence-corrected chi connectivity index (χ0v) is 12.1. The number of aliphatic hydroxyl groups is 1. The molecule has 0 amide bonds. The maximum absolute atomic E-state index is 9.86. The lowest BCUT2D eigenvalue weighted by Crippen LogP contribution is -2.42. The van der Waals surface area contributed by atoms with Gasteiger partial charge < -0.3 is 5.11 Å². The highest BCUT2D eigenvalue weighted by Crippen LogP contribution is 2.27. The molecule has 1 N–H and O–H groups in total. The third-order valence-corrected chi connectivity index (χ3v) is 2.16. The summed E-state index contributed by atoms with van der Waals surface area (Å²) in [6, 6.07) is 0. The van der Waals surface area contributed by atoms with Crippen molar-refractivity contribution < 1.29 is 14.9 Å². The van der Waals surface area contributed by atoms with E-state index in [0.29, 0.717) is 0 Å². The minimum Gasteiger partial charge on any atom is -0.386 e. The molecule has 3 heteroatoms. The van der Waals surface area contributed by atoms with Gasteiger partial charge >= 0.3 is 0 Å². The van der Waals surface area contributed by atoms with Crippen LogP contribution >= 0.6 is 0 Å². The van der Waals surface area contributed by atoms with Gasteiger partial charge in [-0.2, -0.15) is 0 Å². The van der Waals surface area contributed by atoms with Crippen LogP contribution in [0, 0.1) is 0 Å². The highest BCUT2D eigenvalue weighted by molar-refractivity contribution is 5.28. The van der Waals surface area contributed by atoms with Crippen molar-refractivity contribution >= 4 is 0 Å². The van der Waals surface area contributed by atoms with E-state index in [1.165, 1.54) is 0 Å². The molecule has 2 atom stereocenters. The van der Waals surface area contributed by atoms with Crippen molar-refractivity contribution in [3.05, 3.63) is 23.8 Å². The van der Waals surface area contributed by atoms with E-state index in [4.69, 9.17) is 9.78 Å². The molecule has 0 saturated heterocycles. The summed E-state index contributed by atoms with van der Waals surface area (Å²) < 4.78 is 0. The van der Waals surface area contributed by atoms with Crippen LogP contribution in [0.5, 0.6) is 0 Å². The molecule has 3 nitrogen and oxygen atoms in total. The standard InChI is InChI=1S/C12H20O3.C2H6/c1-9-6-7-12(5,10(13)8-9)15-14-11(2,3)4;1-2/h6-8,10,13H,1-5H3;1-2H3. The van der Waals surface area contributed by atoms with Gasteiger partial charge in [0.1, 0.15) is 11.7 Å². The highest BCUT2D eigenvalue weighted by Gasteiger charge is 2.35. The summed E-state index contributed by atoms with van der Waals surface area (Å²) in [5.41, 5.74) is -0.154. The van der Waals surface area contributed by atoms with Crippen LogP contribution in [0.15, 0.2) is 23.8 Å². The van der Waals surface area contributed by atoms with Crippen molar-refractivity contribution in [2.75, 3.05) is 0 Å². The Hall–Kier alpha value is -0.640. The largest absolute Gasteiger partial charge is 0.386 e. The average Bonchev–Trinajstić information content (AvgIpc) is 2.24. The van der Waals surface area contributed by atoms with Gasteiger partial charge in [0.2, 0.25) is 0 Å². The van der Waals surface area contributed by atoms with E-state index >= 15 is 0 Å². The summed E-state index contributed by atoms with van der Waals surface area (Å²) in [5, 5.41) is 9.86. The zero-order valence-electron chi connectivity index (χ0n) is 12.1. The molecule has 1 aliphatic rings. The maximum Gasteiger partial charge on any atom is 0.148 e. The van der Waals surface area contributed by atoms with E-state index in [1.807, 2.05) is 53.7 Å². The predicted octanol–water partition coefficient (Wildman–Crippen LogP) is 3.40. The van der Waals surface area contributed by atoms with Crippen LogP contribution in [0.3, 0.4) is 0 Å². The Bertz CT molecular complexity index is 286. The lowest BCUT2D eigenvalue weighted by atomic mass is 9.92. The molecule has 0 aromatic heterocycles.